The number of aliphatic hydroxyl groups is 1. The summed E-state index contributed by atoms with van der Waals surface area (Å²) in [7, 11) is 0. The molecule has 3 aromatic rings. The maximum atomic E-state index is 14.0. The Morgan fingerprint density at radius 3 is 2.69 bits per heavy atom. The average molecular weight is 515 g/mol. The van der Waals surface area contributed by atoms with E-state index in [1.807, 2.05) is 18.4 Å². The molecule has 0 saturated heterocycles. The molecule has 2 heterocycles. The first-order chi connectivity index (χ1) is 16.7. The molecular formula is C26H32ClFN6O2. The van der Waals surface area contributed by atoms with Gasteiger partial charge < -0.3 is 20.7 Å². The van der Waals surface area contributed by atoms with Crippen LogP contribution in [0.4, 0.5) is 10.2 Å². The van der Waals surface area contributed by atoms with E-state index in [4.69, 9.17) is 5.73 Å². The van der Waals surface area contributed by atoms with Gasteiger partial charge in [0.1, 0.15) is 17.2 Å². The minimum absolute atomic E-state index is 0. The van der Waals surface area contributed by atoms with E-state index in [1.165, 1.54) is 12.1 Å². The molecule has 36 heavy (non-hydrogen) atoms. The van der Waals surface area contributed by atoms with Crippen LogP contribution in [0.1, 0.15) is 64.6 Å². The minimum atomic E-state index is -1.04. The van der Waals surface area contributed by atoms with E-state index < -0.39 is 5.60 Å². The molecule has 1 amide bonds. The smallest absolute Gasteiger partial charge is 0.220 e. The number of nitrogens with zero attached hydrogens (tertiary/aromatic N) is 4. The van der Waals surface area contributed by atoms with Crippen LogP contribution in [-0.4, -0.2) is 42.2 Å². The number of rotatable bonds is 6. The monoisotopic (exact) mass is 514 g/mol. The molecule has 10 heteroatoms. The average Bonchev–Trinajstić information content (AvgIpc) is 3.17. The van der Waals surface area contributed by atoms with Crippen LogP contribution in [-0.2, 0) is 11.3 Å². The Morgan fingerprint density at radius 2 is 2.00 bits per heavy atom. The number of imidazole rings is 1. The Labute approximate surface area is 216 Å². The van der Waals surface area contributed by atoms with Crippen molar-refractivity contribution < 1.29 is 14.3 Å². The highest BCUT2D eigenvalue weighted by atomic mass is 35.5. The minimum Gasteiger partial charge on any atom is -0.382 e. The molecule has 1 aliphatic carbocycles. The Balaban J connectivity index is 0.00000361. The van der Waals surface area contributed by atoms with Crippen molar-refractivity contribution in [2.75, 3.05) is 5.73 Å². The van der Waals surface area contributed by atoms with Crippen molar-refractivity contribution >= 4 is 35.3 Å². The first-order valence-corrected chi connectivity index (χ1v) is 12.1. The predicted molar refractivity (Wildman–Crippen MR) is 140 cm³/mol. The fourth-order valence-electron chi connectivity index (χ4n) is 4.36. The molecule has 8 nitrogen and oxygen atoms in total. The maximum absolute atomic E-state index is 14.0. The summed E-state index contributed by atoms with van der Waals surface area (Å²) in [4.78, 5) is 25.7. The van der Waals surface area contributed by atoms with Crippen molar-refractivity contribution in [2.24, 2.45) is 0 Å². The first-order valence-electron chi connectivity index (χ1n) is 12.1. The summed E-state index contributed by atoms with van der Waals surface area (Å²) in [6, 6.07) is 6.19. The van der Waals surface area contributed by atoms with Gasteiger partial charge in [0.2, 0.25) is 11.7 Å². The number of anilines is 1. The van der Waals surface area contributed by atoms with Crippen LogP contribution in [0.25, 0.3) is 22.6 Å². The zero-order valence-electron chi connectivity index (χ0n) is 20.6. The number of hydrogen-bond acceptors (Lipinski definition) is 6. The third-order valence-corrected chi connectivity index (χ3v) is 6.03. The van der Waals surface area contributed by atoms with Gasteiger partial charge in [0.05, 0.1) is 0 Å². The van der Waals surface area contributed by atoms with Gasteiger partial charge in [-0.25, -0.2) is 19.3 Å². The normalized spacial score (nSPS) is 14.7. The van der Waals surface area contributed by atoms with Crippen LogP contribution in [0.3, 0.4) is 0 Å². The van der Waals surface area contributed by atoms with Crippen LogP contribution in [0.2, 0.25) is 0 Å². The molecule has 192 valence electrons. The Hall–Kier alpha value is -3.22. The van der Waals surface area contributed by atoms with Crippen molar-refractivity contribution in [1.82, 2.24) is 24.8 Å². The quantitative estimate of drug-likeness (QED) is 0.428. The molecule has 0 aliphatic heterocycles. The van der Waals surface area contributed by atoms with Gasteiger partial charge in [0, 0.05) is 24.6 Å². The molecule has 4 rings (SSSR count). The van der Waals surface area contributed by atoms with Crippen molar-refractivity contribution in [3.8, 4) is 23.2 Å². The second kappa shape index (κ2) is 11.7. The van der Waals surface area contributed by atoms with E-state index in [2.05, 4.69) is 32.1 Å². The molecule has 0 spiro atoms. The number of aryl methyl sites for hydroxylation is 1. The van der Waals surface area contributed by atoms with E-state index in [0.29, 0.717) is 54.8 Å². The van der Waals surface area contributed by atoms with E-state index in [-0.39, 0.29) is 41.8 Å². The number of carbonyl (C=O) groups is 1. The number of amides is 1. The fraction of sp³-hybridized carbons (Fsp3) is 0.462. The highest BCUT2D eigenvalue weighted by molar-refractivity contribution is 5.86. The van der Waals surface area contributed by atoms with E-state index >= 15 is 0 Å². The van der Waals surface area contributed by atoms with E-state index in [1.54, 1.807) is 12.1 Å². The summed E-state index contributed by atoms with van der Waals surface area (Å²) in [5.41, 5.74) is 6.60. The van der Waals surface area contributed by atoms with Gasteiger partial charge in [-0.05, 0) is 64.0 Å². The molecule has 1 aliphatic rings. The van der Waals surface area contributed by atoms with Crippen LogP contribution in [0, 0.1) is 17.7 Å². The number of halogens is 2. The van der Waals surface area contributed by atoms with E-state index in [9.17, 15) is 14.3 Å². The van der Waals surface area contributed by atoms with Crippen LogP contribution in [0.5, 0.6) is 0 Å². The Morgan fingerprint density at radius 1 is 1.25 bits per heavy atom. The third-order valence-electron chi connectivity index (χ3n) is 6.03. The number of nitrogens with two attached hydrogens (primary N) is 1. The number of nitrogens with one attached hydrogen (secondary N) is 1. The number of benzene rings is 1. The summed E-state index contributed by atoms with van der Waals surface area (Å²) in [5, 5.41) is 13.6. The summed E-state index contributed by atoms with van der Waals surface area (Å²) in [6.45, 7) is 4.24. The van der Waals surface area contributed by atoms with Gasteiger partial charge in [-0.3, -0.25) is 4.79 Å². The van der Waals surface area contributed by atoms with Crippen molar-refractivity contribution in [1.29, 1.82) is 0 Å². The van der Waals surface area contributed by atoms with Crippen molar-refractivity contribution in [3.63, 3.8) is 0 Å². The molecule has 2 aromatic heterocycles. The lowest BCUT2D eigenvalue weighted by molar-refractivity contribution is -0.121. The summed E-state index contributed by atoms with van der Waals surface area (Å²) in [6.07, 6.45) is 5.05. The second-order valence-corrected chi connectivity index (χ2v) is 9.37. The molecule has 1 saturated carbocycles. The second-order valence-electron chi connectivity index (χ2n) is 9.37. The predicted octanol–water partition coefficient (Wildman–Crippen LogP) is 3.99. The number of carbonyl (C=O) groups excluding carboxylic acids is 1. The number of hydrogen-bond donors (Lipinski definition) is 3. The van der Waals surface area contributed by atoms with Gasteiger partial charge in [-0.15, -0.1) is 12.4 Å². The van der Waals surface area contributed by atoms with Crippen LogP contribution in [0.15, 0.2) is 24.3 Å². The molecule has 0 unspecified atom stereocenters. The standard InChI is InChI=1S/C26H31FN6O2.ClH/c1-17(2)29-21(34)10-7-15-33-24(18-8-6-9-19(27)16-18)32-22-23(28)30-20(31-25(22)33)11-14-26(35)12-4-3-5-13-26;/h6,8-9,16-17,35H,3-5,7,10,12-13,15H2,1-2H3,(H,29,34)(H2,28,30,31);1H. The van der Waals surface area contributed by atoms with Crippen molar-refractivity contribution in [3.05, 3.63) is 35.9 Å². The van der Waals surface area contributed by atoms with Gasteiger partial charge in [-0.1, -0.05) is 24.5 Å². The number of nitrogen functional groups attached to an aromatic ring is 1. The Bertz CT molecular complexity index is 1290. The van der Waals surface area contributed by atoms with Gasteiger partial charge >= 0.3 is 0 Å². The molecule has 1 fully saturated rings. The largest absolute Gasteiger partial charge is 0.382 e. The summed E-state index contributed by atoms with van der Waals surface area (Å²) < 4.78 is 15.8. The van der Waals surface area contributed by atoms with Gasteiger partial charge in [0.15, 0.2) is 17.0 Å². The molecule has 0 radical (unpaired) electrons. The topological polar surface area (TPSA) is 119 Å². The Kier molecular flexibility index (Phi) is 8.88. The molecular weight excluding hydrogens is 483 g/mol. The zero-order chi connectivity index (χ0) is 25.0. The van der Waals surface area contributed by atoms with Crippen LogP contribution >= 0.6 is 12.4 Å². The lowest BCUT2D eigenvalue weighted by Crippen LogP contribution is -2.30. The van der Waals surface area contributed by atoms with Gasteiger partial charge in [-0.2, -0.15) is 0 Å². The first kappa shape index (κ1) is 27.4. The molecule has 1 aromatic carbocycles. The molecule has 0 bridgehead atoms. The highest BCUT2D eigenvalue weighted by Gasteiger charge is 2.27. The highest BCUT2D eigenvalue weighted by Crippen LogP contribution is 2.29. The molecule has 0 atom stereocenters. The lowest BCUT2D eigenvalue weighted by Gasteiger charge is -2.26. The maximum Gasteiger partial charge on any atom is 0.220 e. The van der Waals surface area contributed by atoms with Crippen LogP contribution < -0.4 is 11.1 Å². The lowest BCUT2D eigenvalue weighted by atomic mass is 9.85. The summed E-state index contributed by atoms with van der Waals surface area (Å²) in [5.74, 6) is 6.25. The van der Waals surface area contributed by atoms with E-state index in [0.717, 1.165) is 19.3 Å². The zero-order valence-corrected chi connectivity index (χ0v) is 21.4. The van der Waals surface area contributed by atoms with Crippen molar-refractivity contribution in [2.45, 2.75) is 77.0 Å². The fourth-order valence-corrected chi connectivity index (χ4v) is 4.36. The molecule has 4 N–H and O–H groups in total. The number of fused-ring (bicyclic) bond motifs is 1. The summed E-state index contributed by atoms with van der Waals surface area (Å²) >= 11 is 0. The van der Waals surface area contributed by atoms with Gasteiger partial charge in [0.25, 0.3) is 0 Å². The SMILES string of the molecule is CC(C)NC(=O)CCCn1c(-c2cccc(F)c2)nc2c(N)nc(C#CC3(O)CCCCC3)nc21.Cl. The third kappa shape index (κ3) is 6.50. The number of aromatic nitrogens is 4.